The van der Waals surface area contributed by atoms with Crippen LogP contribution in [0.1, 0.15) is 28.1 Å². The highest BCUT2D eigenvalue weighted by atomic mass is 32.1. The van der Waals surface area contributed by atoms with Crippen LogP contribution in [0.2, 0.25) is 0 Å². The highest BCUT2D eigenvalue weighted by Gasteiger charge is 2.25. The van der Waals surface area contributed by atoms with E-state index in [1.165, 1.54) is 16.9 Å². The Kier molecular flexibility index (Phi) is 7.11. The average molecular weight is 490 g/mol. The molecule has 10 heteroatoms. The third-order valence-corrected chi connectivity index (χ3v) is 6.54. The van der Waals surface area contributed by atoms with Gasteiger partial charge in [0.2, 0.25) is 12.4 Å². The smallest absolute Gasteiger partial charge is 0.260 e. The van der Waals surface area contributed by atoms with E-state index in [2.05, 4.69) is 25.9 Å². The minimum atomic E-state index is -0.549. The molecule has 5 rings (SSSR count). The zero-order chi connectivity index (χ0) is 24.9. The summed E-state index contributed by atoms with van der Waals surface area (Å²) in [7, 11) is 1.86. The van der Waals surface area contributed by atoms with E-state index in [1.807, 2.05) is 62.5 Å². The molecule has 1 fully saturated rings. The maximum atomic E-state index is 11.7. The van der Waals surface area contributed by atoms with E-state index >= 15 is 0 Å². The molecule has 0 unspecified atom stereocenters. The predicted molar refractivity (Wildman–Crippen MR) is 143 cm³/mol. The second-order valence-corrected chi connectivity index (χ2v) is 9.16. The summed E-state index contributed by atoms with van der Waals surface area (Å²) in [5, 5.41) is 9.66. The van der Waals surface area contributed by atoms with Gasteiger partial charge in [0.05, 0.1) is 16.8 Å². The van der Waals surface area contributed by atoms with Gasteiger partial charge in [0.15, 0.2) is 0 Å². The Balaban J connectivity index is 0.000000243. The van der Waals surface area contributed by atoms with E-state index in [-0.39, 0.29) is 0 Å². The number of carbonyl (C=O) groups is 2. The van der Waals surface area contributed by atoms with Crippen LogP contribution in [0.25, 0.3) is 21.5 Å². The van der Waals surface area contributed by atoms with Crippen molar-refractivity contribution < 1.29 is 9.59 Å². The fourth-order valence-electron chi connectivity index (χ4n) is 3.43. The molecule has 180 valence electrons. The fourth-order valence-corrected chi connectivity index (χ4v) is 4.38. The van der Waals surface area contributed by atoms with Crippen LogP contribution >= 0.6 is 11.3 Å². The van der Waals surface area contributed by atoms with Gasteiger partial charge in [0.25, 0.3) is 5.91 Å². The Morgan fingerprint density at radius 1 is 1.11 bits per heavy atom. The summed E-state index contributed by atoms with van der Waals surface area (Å²) in [5.74, 6) is 0.00394. The Hall–Kier alpha value is -4.18. The SMILES string of the molecule is CNc1cccc(-c2nc(NC3CC3)nc3sc(C(N)=O)c(N)c23)c1.Cc1ccc(NC=O)cc1. The second-order valence-electron chi connectivity index (χ2n) is 8.16. The number of nitrogen functional groups attached to an aromatic ring is 1. The molecule has 2 aromatic carbocycles. The van der Waals surface area contributed by atoms with Crippen molar-refractivity contribution in [1.82, 2.24) is 9.97 Å². The van der Waals surface area contributed by atoms with Crippen LogP contribution in [-0.4, -0.2) is 35.4 Å². The largest absolute Gasteiger partial charge is 0.397 e. The Labute approximate surface area is 207 Å². The number of anilines is 4. The minimum absolute atomic E-state index is 0.318. The molecule has 7 N–H and O–H groups in total. The average Bonchev–Trinajstić information content (AvgIpc) is 3.61. The van der Waals surface area contributed by atoms with E-state index in [0.29, 0.717) is 44.9 Å². The molecular formula is C25H27N7O2S. The molecule has 9 nitrogen and oxygen atoms in total. The van der Waals surface area contributed by atoms with Crippen molar-refractivity contribution in [1.29, 1.82) is 0 Å². The number of thiophene rings is 1. The molecule has 2 aromatic heterocycles. The number of hydrogen-bond acceptors (Lipinski definition) is 8. The number of aromatic nitrogens is 2. The molecule has 0 atom stereocenters. The van der Waals surface area contributed by atoms with Crippen molar-refractivity contribution in [3.8, 4) is 11.3 Å². The van der Waals surface area contributed by atoms with E-state index < -0.39 is 5.91 Å². The second kappa shape index (κ2) is 10.4. The third kappa shape index (κ3) is 5.67. The van der Waals surface area contributed by atoms with Crippen molar-refractivity contribution in [3.63, 3.8) is 0 Å². The molecule has 0 aliphatic heterocycles. The summed E-state index contributed by atoms with van der Waals surface area (Å²) in [5.41, 5.74) is 16.6. The molecule has 1 aliphatic carbocycles. The lowest BCUT2D eigenvalue weighted by Gasteiger charge is -2.09. The van der Waals surface area contributed by atoms with Crippen LogP contribution in [-0.2, 0) is 4.79 Å². The number of amides is 2. The summed E-state index contributed by atoms with van der Waals surface area (Å²) in [4.78, 5) is 31.8. The summed E-state index contributed by atoms with van der Waals surface area (Å²) < 4.78 is 0. The van der Waals surface area contributed by atoms with E-state index in [0.717, 1.165) is 29.8 Å². The van der Waals surface area contributed by atoms with Crippen LogP contribution in [0.5, 0.6) is 0 Å². The van der Waals surface area contributed by atoms with Gasteiger partial charge in [-0.25, -0.2) is 9.97 Å². The van der Waals surface area contributed by atoms with Crippen molar-refractivity contribution >= 4 is 56.9 Å². The number of fused-ring (bicyclic) bond motifs is 1. The maximum absolute atomic E-state index is 11.7. The maximum Gasteiger partial charge on any atom is 0.260 e. The van der Waals surface area contributed by atoms with Crippen molar-refractivity contribution in [3.05, 3.63) is 59.0 Å². The normalized spacial score (nSPS) is 12.4. The topological polar surface area (TPSA) is 148 Å². The van der Waals surface area contributed by atoms with Crippen LogP contribution in [0, 0.1) is 6.92 Å². The van der Waals surface area contributed by atoms with Gasteiger partial charge in [0, 0.05) is 30.0 Å². The summed E-state index contributed by atoms with van der Waals surface area (Å²) >= 11 is 1.21. The summed E-state index contributed by atoms with van der Waals surface area (Å²) in [6.07, 6.45) is 2.90. The Bertz CT molecular complexity index is 1360. The predicted octanol–water partition coefficient (Wildman–Crippen LogP) is 4.22. The molecule has 0 saturated heterocycles. The Morgan fingerprint density at radius 2 is 1.86 bits per heavy atom. The number of hydrogen-bond donors (Lipinski definition) is 5. The molecular weight excluding hydrogens is 462 g/mol. The lowest BCUT2D eigenvalue weighted by atomic mass is 10.1. The first-order valence-corrected chi connectivity index (χ1v) is 11.9. The van der Waals surface area contributed by atoms with Crippen molar-refractivity contribution in [2.45, 2.75) is 25.8 Å². The van der Waals surface area contributed by atoms with Crippen molar-refractivity contribution in [2.75, 3.05) is 28.7 Å². The van der Waals surface area contributed by atoms with Crippen molar-refractivity contribution in [2.24, 2.45) is 5.73 Å². The summed E-state index contributed by atoms with van der Waals surface area (Å²) in [6, 6.07) is 15.9. The third-order valence-electron chi connectivity index (χ3n) is 5.42. The molecule has 2 amide bonds. The molecule has 4 aromatic rings. The minimum Gasteiger partial charge on any atom is -0.397 e. The van der Waals surface area contributed by atoms with Crippen LogP contribution in [0.15, 0.2) is 48.5 Å². The summed E-state index contributed by atoms with van der Waals surface area (Å²) in [6.45, 7) is 2.00. The molecule has 0 bridgehead atoms. The fraction of sp³-hybridized carbons (Fsp3) is 0.200. The number of rotatable bonds is 7. The number of nitrogens with two attached hydrogens (primary N) is 2. The number of nitrogens with zero attached hydrogens (tertiary/aromatic N) is 2. The van der Waals surface area contributed by atoms with Gasteiger partial charge in [-0.05, 0) is 44.0 Å². The standard InChI is InChI=1S/C17H18N6OS.C8H9NO/c1-20-10-4-2-3-8(7-10)13-11-12(18)14(15(19)24)25-16(11)23-17(22-13)21-9-5-6-9;1-7-2-4-8(5-3-7)9-6-10/h2-4,7,9,20H,5-6,18H2,1H3,(H2,19,24)(H,21,22,23);2-6H,1H3,(H,9,10). The van der Waals surface area contributed by atoms with Gasteiger partial charge >= 0.3 is 0 Å². The quantitative estimate of drug-likeness (QED) is 0.244. The molecule has 1 aliphatic rings. The first-order chi connectivity index (χ1) is 16.9. The molecule has 2 heterocycles. The van der Waals surface area contributed by atoms with Gasteiger partial charge in [-0.2, -0.15) is 0 Å². The lowest BCUT2D eigenvalue weighted by Crippen LogP contribution is -2.10. The number of aryl methyl sites for hydroxylation is 1. The van der Waals surface area contributed by atoms with Crippen LogP contribution < -0.4 is 27.4 Å². The molecule has 0 spiro atoms. The number of carbonyl (C=O) groups excluding carboxylic acids is 2. The van der Waals surface area contributed by atoms with Gasteiger partial charge in [-0.15, -0.1) is 11.3 Å². The number of primary amides is 1. The molecule has 35 heavy (non-hydrogen) atoms. The van der Waals surface area contributed by atoms with Crippen LogP contribution in [0.4, 0.5) is 23.0 Å². The first kappa shape index (κ1) is 24.0. The molecule has 0 radical (unpaired) electrons. The van der Waals surface area contributed by atoms with E-state index in [4.69, 9.17) is 11.5 Å². The number of benzene rings is 2. The highest BCUT2D eigenvalue weighted by Crippen LogP contribution is 2.39. The van der Waals surface area contributed by atoms with Gasteiger partial charge < -0.3 is 27.4 Å². The zero-order valence-corrected chi connectivity index (χ0v) is 20.3. The first-order valence-electron chi connectivity index (χ1n) is 11.1. The highest BCUT2D eigenvalue weighted by molar-refractivity contribution is 7.21. The van der Waals surface area contributed by atoms with Gasteiger partial charge in [-0.1, -0.05) is 29.8 Å². The number of nitrogens with one attached hydrogen (secondary N) is 3. The van der Waals surface area contributed by atoms with E-state index in [9.17, 15) is 9.59 Å². The Morgan fingerprint density at radius 3 is 2.49 bits per heavy atom. The monoisotopic (exact) mass is 489 g/mol. The lowest BCUT2D eigenvalue weighted by molar-refractivity contribution is -0.105. The van der Waals surface area contributed by atoms with Crippen LogP contribution in [0.3, 0.4) is 0 Å². The zero-order valence-electron chi connectivity index (χ0n) is 19.5. The van der Waals surface area contributed by atoms with E-state index in [1.54, 1.807) is 0 Å². The molecule has 1 saturated carbocycles. The van der Waals surface area contributed by atoms with Gasteiger partial charge in [0.1, 0.15) is 9.71 Å². The van der Waals surface area contributed by atoms with Gasteiger partial charge in [-0.3, -0.25) is 9.59 Å².